The molecule has 2 N–H and O–H groups in total. The third kappa shape index (κ3) is 2.39. The van der Waals surface area contributed by atoms with E-state index < -0.39 is 0 Å². The molecular weight excluding hydrogens is 324 g/mol. The molecule has 3 aromatic rings. The number of aromatic nitrogens is 1. The molecule has 0 aliphatic heterocycles. The Labute approximate surface area is 123 Å². The number of halogens is 1. The average Bonchev–Trinajstić information content (AvgIpc) is 2.82. The van der Waals surface area contributed by atoms with E-state index in [0.717, 1.165) is 26.7 Å². The number of nitrogens with zero attached hydrogens (tertiary/aromatic N) is 1. The highest BCUT2D eigenvalue weighted by Crippen LogP contribution is 2.26. The highest BCUT2D eigenvalue weighted by Gasteiger charge is 2.09. The number of hydrogen-bond donors (Lipinski definition) is 1. The molecule has 1 aromatic heterocycles. The lowest BCUT2D eigenvalue weighted by Crippen LogP contribution is -2.08. The fraction of sp³-hybridized carbons (Fsp3) is 0. The van der Waals surface area contributed by atoms with Gasteiger partial charge in [0.15, 0.2) is 5.58 Å². The largest absolute Gasteiger partial charge is 0.436 e. The summed E-state index contributed by atoms with van der Waals surface area (Å²) >= 11 is 8.35. The third-order valence-corrected chi connectivity index (χ3v) is 3.53. The number of oxazole rings is 1. The van der Waals surface area contributed by atoms with Gasteiger partial charge in [0.25, 0.3) is 0 Å². The predicted molar refractivity (Wildman–Crippen MR) is 83.0 cm³/mol. The second-order valence-electron chi connectivity index (χ2n) is 4.07. The summed E-state index contributed by atoms with van der Waals surface area (Å²) in [6.45, 7) is 0. The van der Waals surface area contributed by atoms with Gasteiger partial charge in [-0.3, -0.25) is 0 Å². The van der Waals surface area contributed by atoms with Crippen LogP contribution in [-0.2, 0) is 0 Å². The Kier molecular flexibility index (Phi) is 3.08. The molecule has 0 saturated carbocycles. The van der Waals surface area contributed by atoms with E-state index in [1.807, 2.05) is 42.5 Å². The lowest BCUT2D eigenvalue weighted by atomic mass is 10.2. The topological polar surface area (TPSA) is 52.0 Å². The van der Waals surface area contributed by atoms with Gasteiger partial charge in [0.05, 0.1) is 0 Å². The van der Waals surface area contributed by atoms with Crippen molar-refractivity contribution in [3.8, 4) is 11.5 Å². The van der Waals surface area contributed by atoms with E-state index in [4.69, 9.17) is 22.4 Å². The molecule has 0 aliphatic carbocycles. The standard InChI is InChI=1S/C14H9BrN2OS/c15-10-4-1-8(2-5-10)14-17-11-7-9(13(16)19)3-6-12(11)18-14/h1-7H,(H2,16,19). The maximum Gasteiger partial charge on any atom is 0.227 e. The predicted octanol–water partition coefficient (Wildman–Crippen LogP) is 3.89. The molecule has 3 rings (SSSR count). The summed E-state index contributed by atoms with van der Waals surface area (Å²) in [7, 11) is 0. The summed E-state index contributed by atoms with van der Waals surface area (Å²) < 4.78 is 6.73. The molecule has 94 valence electrons. The second-order valence-corrected chi connectivity index (χ2v) is 5.43. The van der Waals surface area contributed by atoms with Gasteiger partial charge in [-0.25, -0.2) is 4.98 Å². The minimum Gasteiger partial charge on any atom is -0.436 e. The SMILES string of the molecule is NC(=S)c1ccc2oc(-c3ccc(Br)cc3)nc2c1. The van der Waals surface area contributed by atoms with Crippen molar-refractivity contribution in [2.45, 2.75) is 0 Å². The van der Waals surface area contributed by atoms with Crippen LogP contribution in [-0.4, -0.2) is 9.97 Å². The van der Waals surface area contributed by atoms with Crippen LogP contribution in [0.4, 0.5) is 0 Å². The first kappa shape index (κ1) is 12.3. The number of rotatable bonds is 2. The van der Waals surface area contributed by atoms with Gasteiger partial charge in [-0.15, -0.1) is 0 Å². The van der Waals surface area contributed by atoms with Crippen LogP contribution in [0.15, 0.2) is 51.4 Å². The summed E-state index contributed by atoms with van der Waals surface area (Å²) in [6.07, 6.45) is 0. The third-order valence-electron chi connectivity index (χ3n) is 2.76. The van der Waals surface area contributed by atoms with E-state index in [-0.39, 0.29) is 0 Å². The number of hydrogen-bond acceptors (Lipinski definition) is 3. The molecule has 0 spiro atoms. The van der Waals surface area contributed by atoms with E-state index in [9.17, 15) is 0 Å². The van der Waals surface area contributed by atoms with E-state index in [1.165, 1.54) is 0 Å². The molecule has 0 bridgehead atoms. The Balaban J connectivity index is 2.11. The first-order chi connectivity index (χ1) is 9.13. The van der Waals surface area contributed by atoms with Gasteiger partial charge >= 0.3 is 0 Å². The first-order valence-electron chi connectivity index (χ1n) is 5.60. The zero-order chi connectivity index (χ0) is 13.4. The number of fused-ring (bicyclic) bond motifs is 1. The van der Waals surface area contributed by atoms with E-state index in [2.05, 4.69) is 20.9 Å². The van der Waals surface area contributed by atoms with Gasteiger partial charge in [0, 0.05) is 15.6 Å². The molecule has 5 heteroatoms. The molecule has 0 saturated heterocycles. The Morgan fingerprint density at radius 3 is 2.58 bits per heavy atom. The molecule has 2 aromatic carbocycles. The highest BCUT2D eigenvalue weighted by molar-refractivity contribution is 9.10. The average molecular weight is 333 g/mol. The lowest BCUT2D eigenvalue weighted by molar-refractivity contribution is 0.620. The Morgan fingerprint density at radius 2 is 1.89 bits per heavy atom. The maximum atomic E-state index is 5.72. The number of nitrogens with two attached hydrogens (primary N) is 1. The Morgan fingerprint density at radius 1 is 1.16 bits per heavy atom. The van der Waals surface area contributed by atoms with Crippen LogP contribution in [0.5, 0.6) is 0 Å². The van der Waals surface area contributed by atoms with Crippen LogP contribution in [0.2, 0.25) is 0 Å². The summed E-state index contributed by atoms with van der Waals surface area (Å²) in [6, 6.07) is 13.3. The monoisotopic (exact) mass is 332 g/mol. The summed E-state index contributed by atoms with van der Waals surface area (Å²) in [4.78, 5) is 4.82. The van der Waals surface area contributed by atoms with Gasteiger partial charge in [-0.2, -0.15) is 0 Å². The molecule has 0 fully saturated rings. The molecule has 0 amide bonds. The van der Waals surface area contributed by atoms with Crippen LogP contribution in [0.1, 0.15) is 5.56 Å². The summed E-state index contributed by atoms with van der Waals surface area (Å²) in [5.74, 6) is 0.586. The van der Waals surface area contributed by atoms with E-state index >= 15 is 0 Å². The quantitative estimate of drug-likeness (QED) is 0.723. The van der Waals surface area contributed by atoms with Gasteiger partial charge < -0.3 is 10.2 Å². The molecule has 3 nitrogen and oxygen atoms in total. The Bertz CT molecular complexity index is 765. The zero-order valence-corrected chi connectivity index (χ0v) is 12.2. The molecule has 19 heavy (non-hydrogen) atoms. The van der Waals surface area contributed by atoms with Crippen molar-refractivity contribution in [3.63, 3.8) is 0 Å². The van der Waals surface area contributed by atoms with Gasteiger partial charge in [0.2, 0.25) is 5.89 Å². The molecular formula is C14H9BrN2OS. The van der Waals surface area contributed by atoms with E-state index in [0.29, 0.717) is 10.9 Å². The van der Waals surface area contributed by atoms with Crippen molar-refractivity contribution < 1.29 is 4.42 Å². The smallest absolute Gasteiger partial charge is 0.227 e. The minimum atomic E-state index is 0.357. The molecule has 1 heterocycles. The first-order valence-corrected chi connectivity index (χ1v) is 6.80. The lowest BCUT2D eigenvalue weighted by Gasteiger charge is -1.94. The maximum absolute atomic E-state index is 5.72. The molecule has 0 unspecified atom stereocenters. The van der Waals surface area contributed by atoms with Crippen molar-refractivity contribution in [1.82, 2.24) is 4.98 Å². The van der Waals surface area contributed by atoms with Crippen LogP contribution >= 0.6 is 28.1 Å². The molecule has 0 aliphatic rings. The summed E-state index contributed by atoms with van der Waals surface area (Å²) in [5, 5.41) is 0. The van der Waals surface area contributed by atoms with Crippen LogP contribution in [0.25, 0.3) is 22.6 Å². The van der Waals surface area contributed by atoms with Crippen molar-refractivity contribution in [1.29, 1.82) is 0 Å². The fourth-order valence-corrected chi connectivity index (χ4v) is 2.19. The second kappa shape index (κ2) is 4.75. The van der Waals surface area contributed by atoms with Crippen molar-refractivity contribution in [2.24, 2.45) is 5.73 Å². The van der Waals surface area contributed by atoms with E-state index in [1.54, 1.807) is 0 Å². The van der Waals surface area contributed by atoms with Crippen molar-refractivity contribution in [3.05, 3.63) is 52.5 Å². The van der Waals surface area contributed by atoms with Crippen molar-refractivity contribution in [2.75, 3.05) is 0 Å². The normalized spacial score (nSPS) is 10.8. The highest BCUT2D eigenvalue weighted by atomic mass is 79.9. The number of thiocarbonyl (C=S) groups is 1. The van der Waals surface area contributed by atoms with Gasteiger partial charge in [-0.05, 0) is 42.5 Å². The van der Waals surface area contributed by atoms with Crippen LogP contribution in [0.3, 0.4) is 0 Å². The van der Waals surface area contributed by atoms with Crippen LogP contribution < -0.4 is 5.73 Å². The van der Waals surface area contributed by atoms with Crippen molar-refractivity contribution >= 4 is 44.2 Å². The zero-order valence-electron chi connectivity index (χ0n) is 9.76. The van der Waals surface area contributed by atoms with Crippen LogP contribution in [0, 0.1) is 0 Å². The number of benzene rings is 2. The molecule has 0 radical (unpaired) electrons. The van der Waals surface area contributed by atoms with Gasteiger partial charge in [-0.1, -0.05) is 28.1 Å². The molecule has 0 atom stereocenters. The Hall–Kier alpha value is -1.72. The van der Waals surface area contributed by atoms with Gasteiger partial charge in [0.1, 0.15) is 10.5 Å². The summed E-state index contributed by atoms with van der Waals surface area (Å²) in [5.41, 5.74) is 8.80. The fourth-order valence-electron chi connectivity index (χ4n) is 1.80. The minimum absolute atomic E-state index is 0.357.